The third kappa shape index (κ3) is 3.47. The first-order valence-electron chi connectivity index (χ1n) is 7.60. The van der Waals surface area contributed by atoms with Crippen molar-refractivity contribution in [3.8, 4) is 11.1 Å². The minimum Gasteiger partial charge on any atom is -0.398 e. The van der Waals surface area contributed by atoms with Crippen LogP contribution in [0.15, 0.2) is 42.5 Å². The molecule has 0 atom stereocenters. The molecule has 112 valence electrons. The zero-order valence-corrected chi connectivity index (χ0v) is 14.1. The van der Waals surface area contributed by atoms with Gasteiger partial charge in [-0.05, 0) is 33.6 Å². The lowest BCUT2D eigenvalue weighted by molar-refractivity contribution is 0.569. The molecular formula is C20H27N. The second-order valence-corrected chi connectivity index (χ2v) is 7.89. The van der Waals surface area contributed by atoms with Gasteiger partial charge in [-0.2, -0.15) is 0 Å². The molecule has 0 aromatic heterocycles. The summed E-state index contributed by atoms with van der Waals surface area (Å²) in [6.07, 6.45) is 0. The fraction of sp³-hybridized carbons (Fsp3) is 0.400. The van der Waals surface area contributed by atoms with E-state index < -0.39 is 0 Å². The molecule has 0 aliphatic rings. The summed E-state index contributed by atoms with van der Waals surface area (Å²) in [7, 11) is 0. The number of hydrogen-bond donors (Lipinski definition) is 1. The quantitative estimate of drug-likeness (QED) is 0.683. The maximum Gasteiger partial charge on any atom is 0.0393 e. The van der Waals surface area contributed by atoms with Gasteiger partial charge in [0.2, 0.25) is 0 Å². The van der Waals surface area contributed by atoms with Crippen LogP contribution >= 0.6 is 0 Å². The van der Waals surface area contributed by atoms with E-state index in [1.807, 2.05) is 18.2 Å². The van der Waals surface area contributed by atoms with Crippen molar-refractivity contribution < 1.29 is 0 Å². The monoisotopic (exact) mass is 281 g/mol. The van der Waals surface area contributed by atoms with Crippen LogP contribution in [0, 0.1) is 0 Å². The smallest absolute Gasteiger partial charge is 0.0393 e. The first-order chi connectivity index (χ1) is 9.59. The Morgan fingerprint density at radius 1 is 0.714 bits per heavy atom. The highest BCUT2D eigenvalue weighted by Crippen LogP contribution is 2.35. The summed E-state index contributed by atoms with van der Waals surface area (Å²) in [5.41, 5.74) is 12.3. The van der Waals surface area contributed by atoms with Crippen molar-refractivity contribution >= 4 is 5.69 Å². The van der Waals surface area contributed by atoms with Crippen LogP contribution in [-0.4, -0.2) is 0 Å². The number of nitrogens with two attached hydrogens (primary N) is 1. The molecule has 0 radical (unpaired) electrons. The summed E-state index contributed by atoms with van der Waals surface area (Å²) >= 11 is 0. The Labute approximate surface area is 129 Å². The zero-order chi connectivity index (χ0) is 15.8. The normalized spacial score (nSPS) is 12.5. The summed E-state index contributed by atoms with van der Waals surface area (Å²) in [6.45, 7) is 13.5. The van der Waals surface area contributed by atoms with Crippen LogP contribution in [0.4, 0.5) is 5.69 Å². The molecule has 0 aliphatic heterocycles. The predicted octanol–water partition coefficient (Wildman–Crippen LogP) is 5.53. The average Bonchev–Trinajstić information content (AvgIpc) is 2.36. The van der Waals surface area contributed by atoms with Crippen molar-refractivity contribution in [2.75, 3.05) is 5.73 Å². The van der Waals surface area contributed by atoms with E-state index in [9.17, 15) is 0 Å². The van der Waals surface area contributed by atoms with Crippen LogP contribution in [0.2, 0.25) is 0 Å². The first-order valence-corrected chi connectivity index (χ1v) is 7.60. The Morgan fingerprint density at radius 3 is 1.62 bits per heavy atom. The lowest BCUT2D eigenvalue weighted by Crippen LogP contribution is -2.16. The first kappa shape index (κ1) is 15.6. The maximum absolute atomic E-state index is 6.17. The van der Waals surface area contributed by atoms with Gasteiger partial charge in [-0.15, -0.1) is 0 Å². The maximum atomic E-state index is 6.17. The number of anilines is 1. The van der Waals surface area contributed by atoms with Gasteiger partial charge in [0.25, 0.3) is 0 Å². The molecule has 2 N–H and O–H groups in total. The van der Waals surface area contributed by atoms with Crippen LogP contribution in [0.25, 0.3) is 11.1 Å². The molecule has 0 aliphatic carbocycles. The third-order valence-electron chi connectivity index (χ3n) is 3.94. The fourth-order valence-electron chi connectivity index (χ4n) is 2.41. The van der Waals surface area contributed by atoms with Gasteiger partial charge in [-0.25, -0.2) is 0 Å². The van der Waals surface area contributed by atoms with Crippen LogP contribution in [0.5, 0.6) is 0 Å². The van der Waals surface area contributed by atoms with E-state index in [1.165, 1.54) is 16.7 Å². The van der Waals surface area contributed by atoms with Gasteiger partial charge in [0.15, 0.2) is 0 Å². The summed E-state index contributed by atoms with van der Waals surface area (Å²) in [5.74, 6) is 0. The zero-order valence-electron chi connectivity index (χ0n) is 14.1. The third-order valence-corrected chi connectivity index (χ3v) is 3.94. The highest BCUT2D eigenvalue weighted by Gasteiger charge is 2.21. The van der Waals surface area contributed by atoms with Gasteiger partial charge in [0.1, 0.15) is 0 Å². The molecule has 0 heterocycles. The molecule has 1 nitrogen and oxygen atoms in total. The average molecular weight is 281 g/mol. The Kier molecular flexibility index (Phi) is 3.88. The van der Waals surface area contributed by atoms with E-state index in [0.29, 0.717) is 0 Å². The van der Waals surface area contributed by atoms with E-state index in [2.05, 4.69) is 65.8 Å². The molecule has 2 aromatic carbocycles. The standard InChI is InChI=1S/C20H27N/c1-19(2,3)15-11-14(12-16(13-15)20(4,5)6)17-9-7-8-10-18(17)21/h7-13H,21H2,1-6H3. The van der Waals surface area contributed by atoms with Crippen molar-refractivity contribution in [1.82, 2.24) is 0 Å². The molecule has 1 heteroatoms. The fourth-order valence-corrected chi connectivity index (χ4v) is 2.41. The number of hydrogen-bond acceptors (Lipinski definition) is 1. The molecule has 0 saturated heterocycles. The summed E-state index contributed by atoms with van der Waals surface area (Å²) < 4.78 is 0. The van der Waals surface area contributed by atoms with Crippen molar-refractivity contribution in [1.29, 1.82) is 0 Å². The second kappa shape index (κ2) is 5.22. The van der Waals surface area contributed by atoms with E-state index in [-0.39, 0.29) is 10.8 Å². The number of benzene rings is 2. The van der Waals surface area contributed by atoms with Crippen molar-refractivity contribution in [2.24, 2.45) is 0 Å². The molecule has 0 fully saturated rings. The summed E-state index contributed by atoms with van der Waals surface area (Å²) in [6, 6.07) is 15.0. The minimum atomic E-state index is 0.125. The van der Waals surface area contributed by atoms with Gasteiger partial charge in [0, 0.05) is 11.3 Å². The largest absolute Gasteiger partial charge is 0.398 e. The molecule has 2 rings (SSSR count). The second-order valence-electron chi connectivity index (χ2n) is 7.89. The van der Waals surface area contributed by atoms with Gasteiger partial charge in [-0.3, -0.25) is 0 Å². The molecule has 2 aromatic rings. The van der Waals surface area contributed by atoms with E-state index in [1.54, 1.807) is 0 Å². The van der Waals surface area contributed by atoms with Crippen molar-refractivity contribution in [3.05, 3.63) is 53.6 Å². The highest BCUT2D eigenvalue weighted by molar-refractivity contribution is 5.77. The van der Waals surface area contributed by atoms with E-state index in [0.717, 1.165) is 11.3 Å². The van der Waals surface area contributed by atoms with Crippen molar-refractivity contribution in [3.63, 3.8) is 0 Å². The van der Waals surface area contributed by atoms with E-state index >= 15 is 0 Å². The summed E-state index contributed by atoms with van der Waals surface area (Å²) in [5, 5.41) is 0. The SMILES string of the molecule is CC(C)(C)c1cc(-c2ccccc2N)cc(C(C)(C)C)c1. The lowest BCUT2D eigenvalue weighted by Gasteiger charge is -2.26. The highest BCUT2D eigenvalue weighted by atomic mass is 14.6. The van der Waals surface area contributed by atoms with Gasteiger partial charge >= 0.3 is 0 Å². The number of para-hydroxylation sites is 1. The van der Waals surface area contributed by atoms with Gasteiger partial charge in [-0.1, -0.05) is 77.9 Å². The lowest BCUT2D eigenvalue weighted by atomic mass is 9.79. The summed E-state index contributed by atoms with van der Waals surface area (Å²) in [4.78, 5) is 0. The molecule has 0 saturated carbocycles. The van der Waals surface area contributed by atoms with Gasteiger partial charge < -0.3 is 5.73 Å². The molecule has 0 spiro atoms. The van der Waals surface area contributed by atoms with E-state index in [4.69, 9.17) is 5.73 Å². The van der Waals surface area contributed by atoms with Gasteiger partial charge in [0.05, 0.1) is 0 Å². The Bertz CT molecular complexity index is 607. The predicted molar refractivity (Wildman–Crippen MR) is 93.7 cm³/mol. The topological polar surface area (TPSA) is 26.0 Å². The number of nitrogen functional groups attached to an aromatic ring is 1. The Hall–Kier alpha value is -1.76. The molecule has 0 amide bonds. The Morgan fingerprint density at radius 2 is 1.19 bits per heavy atom. The van der Waals surface area contributed by atoms with Crippen LogP contribution in [-0.2, 0) is 10.8 Å². The van der Waals surface area contributed by atoms with Crippen LogP contribution in [0.1, 0.15) is 52.7 Å². The molecule has 0 unspecified atom stereocenters. The minimum absolute atomic E-state index is 0.125. The molecular weight excluding hydrogens is 254 g/mol. The molecule has 21 heavy (non-hydrogen) atoms. The van der Waals surface area contributed by atoms with Crippen LogP contribution < -0.4 is 5.73 Å². The van der Waals surface area contributed by atoms with Crippen molar-refractivity contribution in [2.45, 2.75) is 52.4 Å². The van der Waals surface area contributed by atoms with Crippen LogP contribution in [0.3, 0.4) is 0 Å². The molecule has 0 bridgehead atoms. The Balaban J connectivity index is 2.70. The number of rotatable bonds is 1.